The number of nitrogens with two attached hydrogens (primary N) is 1. The minimum absolute atomic E-state index is 0.0845. The van der Waals surface area contributed by atoms with Crippen molar-refractivity contribution in [3.63, 3.8) is 0 Å². The summed E-state index contributed by atoms with van der Waals surface area (Å²) in [7, 11) is 0. The molecule has 6 nitrogen and oxygen atoms in total. The number of hydrogen-bond acceptors (Lipinski definition) is 5. The maximum Gasteiger partial charge on any atom is 0.280 e. The number of hydrogen-bond donors (Lipinski definition) is 3. The second-order valence-corrected chi connectivity index (χ2v) is 5.91. The maximum absolute atomic E-state index is 12.8. The first-order valence-corrected chi connectivity index (χ1v) is 8.04. The van der Waals surface area contributed by atoms with Crippen LogP contribution in [-0.4, -0.2) is 20.6 Å². The Hall–Kier alpha value is -3.80. The van der Waals surface area contributed by atoms with Gasteiger partial charge in [0.1, 0.15) is 17.3 Å². The number of pyridine rings is 1. The smallest absolute Gasteiger partial charge is 0.280 e. The molecule has 2 heterocycles. The number of anilines is 3. The molecule has 0 bridgehead atoms. The summed E-state index contributed by atoms with van der Waals surface area (Å²) in [6.07, 6.45) is 3.53. The third-order valence-electron chi connectivity index (χ3n) is 4.02. The van der Waals surface area contributed by atoms with Crippen LogP contribution in [0.1, 0.15) is 10.5 Å². The summed E-state index contributed by atoms with van der Waals surface area (Å²) in [4.78, 5) is 17.2. The number of nitrogens with one attached hydrogen (secondary N) is 1. The second kappa shape index (κ2) is 6.25. The Morgan fingerprint density at radius 1 is 1.00 bits per heavy atom. The van der Waals surface area contributed by atoms with Gasteiger partial charge in [0.2, 0.25) is 0 Å². The number of carbonyl (C=O) groups excluding carboxylic acids is 1. The van der Waals surface area contributed by atoms with Gasteiger partial charge in [-0.2, -0.15) is 0 Å². The van der Waals surface area contributed by atoms with Gasteiger partial charge in [-0.3, -0.25) is 9.36 Å². The van der Waals surface area contributed by atoms with Gasteiger partial charge in [-0.15, -0.1) is 0 Å². The average Bonchev–Trinajstić information content (AvgIpc) is 3.07. The summed E-state index contributed by atoms with van der Waals surface area (Å²) in [5.74, 6) is 0.182. The lowest BCUT2D eigenvalue weighted by molar-refractivity contribution is 0.0956. The van der Waals surface area contributed by atoms with Crippen molar-refractivity contribution in [1.82, 2.24) is 9.55 Å². The topological polar surface area (TPSA) is 93.2 Å². The van der Waals surface area contributed by atoms with Gasteiger partial charge in [0, 0.05) is 24.1 Å². The molecule has 0 aliphatic rings. The van der Waals surface area contributed by atoms with Crippen LogP contribution in [0.3, 0.4) is 0 Å². The number of nitrogen functional groups attached to an aromatic ring is 1. The van der Waals surface area contributed by atoms with Gasteiger partial charge in [0.15, 0.2) is 0 Å². The van der Waals surface area contributed by atoms with E-state index in [0.29, 0.717) is 17.2 Å². The zero-order chi connectivity index (χ0) is 18.1. The molecule has 4 aromatic rings. The molecule has 2 aromatic carbocycles. The molecular formula is C20H16N4O2. The third kappa shape index (κ3) is 2.95. The highest BCUT2D eigenvalue weighted by Crippen LogP contribution is 2.26. The fraction of sp³-hybridized carbons (Fsp3) is 0. The molecule has 2 aromatic heterocycles. The van der Waals surface area contributed by atoms with Crippen molar-refractivity contribution in [2.45, 2.75) is 0 Å². The lowest BCUT2D eigenvalue weighted by Gasteiger charge is -2.10. The Morgan fingerprint density at radius 3 is 2.35 bits per heavy atom. The van der Waals surface area contributed by atoms with E-state index in [-0.39, 0.29) is 17.4 Å². The van der Waals surface area contributed by atoms with Crippen molar-refractivity contribution < 1.29 is 9.90 Å². The molecule has 0 aliphatic carbocycles. The van der Waals surface area contributed by atoms with Crippen molar-refractivity contribution in [3.8, 4) is 5.75 Å². The summed E-state index contributed by atoms with van der Waals surface area (Å²) in [5.41, 5.74) is 7.03. The summed E-state index contributed by atoms with van der Waals surface area (Å²) in [5, 5.41) is 14.8. The van der Waals surface area contributed by atoms with E-state index in [0.717, 1.165) is 10.8 Å². The molecule has 0 saturated carbocycles. The van der Waals surface area contributed by atoms with Crippen LogP contribution in [0.25, 0.3) is 10.8 Å². The predicted molar refractivity (Wildman–Crippen MR) is 102 cm³/mol. The Kier molecular flexibility index (Phi) is 3.78. The van der Waals surface area contributed by atoms with E-state index < -0.39 is 0 Å². The van der Waals surface area contributed by atoms with Crippen LogP contribution in [0.2, 0.25) is 0 Å². The van der Waals surface area contributed by atoms with Crippen molar-refractivity contribution in [2.24, 2.45) is 0 Å². The zero-order valence-electron chi connectivity index (χ0n) is 13.8. The lowest BCUT2D eigenvalue weighted by Crippen LogP contribution is -2.13. The first kappa shape index (κ1) is 15.7. The number of para-hydroxylation sites is 2. The molecule has 26 heavy (non-hydrogen) atoms. The van der Waals surface area contributed by atoms with E-state index in [2.05, 4.69) is 10.3 Å². The molecule has 4 rings (SSSR count). The van der Waals surface area contributed by atoms with Gasteiger partial charge in [-0.05, 0) is 29.0 Å². The second-order valence-electron chi connectivity index (χ2n) is 5.91. The Balaban J connectivity index is 1.69. The van der Waals surface area contributed by atoms with E-state index in [4.69, 9.17) is 5.73 Å². The molecule has 128 valence electrons. The number of benzene rings is 2. The minimum Gasteiger partial charge on any atom is -0.506 e. The third-order valence-corrected chi connectivity index (χ3v) is 4.02. The van der Waals surface area contributed by atoms with Crippen LogP contribution >= 0.6 is 0 Å². The highest BCUT2D eigenvalue weighted by atomic mass is 16.3. The SMILES string of the molecule is Nc1cc(Nc2ccccc2O)nc(C(=O)n2cc3ccccc3c2)c1. The van der Waals surface area contributed by atoms with Crippen LogP contribution in [0, 0.1) is 0 Å². The average molecular weight is 344 g/mol. The summed E-state index contributed by atoms with van der Waals surface area (Å²) >= 11 is 0. The molecule has 0 saturated heterocycles. The molecule has 0 fully saturated rings. The number of nitrogens with zero attached hydrogens (tertiary/aromatic N) is 2. The van der Waals surface area contributed by atoms with Crippen molar-refractivity contribution in [1.29, 1.82) is 0 Å². The van der Waals surface area contributed by atoms with E-state index in [1.165, 1.54) is 10.6 Å². The number of aromatic nitrogens is 2. The zero-order valence-corrected chi connectivity index (χ0v) is 13.8. The Bertz CT molecular complexity index is 1080. The van der Waals surface area contributed by atoms with Crippen molar-refractivity contribution in [2.75, 3.05) is 11.1 Å². The highest BCUT2D eigenvalue weighted by molar-refractivity contribution is 5.98. The lowest BCUT2D eigenvalue weighted by atomic mass is 10.2. The molecule has 0 atom stereocenters. The van der Waals surface area contributed by atoms with Gasteiger partial charge in [0.25, 0.3) is 5.91 Å². The number of fused-ring (bicyclic) bond motifs is 1. The van der Waals surface area contributed by atoms with E-state index in [1.54, 1.807) is 42.7 Å². The van der Waals surface area contributed by atoms with Crippen molar-refractivity contribution >= 4 is 33.9 Å². The van der Waals surface area contributed by atoms with Gasteiger partial charge in [-0.25, -0.2) is 4.98 Å². The van der Waals surface area contributed by atoms with Crippen molar-refractivity contribution in [3.05, 3.63) is 78.8 Å². The number of phenols is 1. The van der Waals surface area contributed by atoms with Gasteiger partial charge in [0.05, 0.1) is 5.69 Å². The largest absolute Gasteiger partial charge is 0.506 e. The predicted octanol–water partition coefficient (Wildman–Crippen LogP) is 3.76. The van der Waals surface area contributed by atoms with Gasteiger partial charge < -0.3 is 16.2 Å². The quantitative estimate of drug-likeness (QED) is 0.492. The molecule has 0 unspecified atom stereocenters. The number of rotatable bonds is 3. The van der Waals surface area contributed by atoms with Gasteiger partial charge in [-0.1, -0.05) is 36.4 Å². The number of phenolic OH excluding ortho intramolecular Hbond substituents is 1. The summed E-state index contributed by atoms with van der Waals surface area (Å²) in [6.45, 7) is 0. The Morgan fingerprint density at radius 2 is 1.65 bits per heavy atom. The summed E-state index contributed by atoms with van der Waals surface area (Å²) in [6, 6.07) is 17.6. The van der Waals surface area contributed by atoms with Gasteiger partial charge >= 0.3 is 0 Å². The molecule has 4 N–H and O–H groups in total. The van der Waals surface area contributed by atoms with E-state index in [1.807, 2.05) is 24.3 Å². The first-order chi connectivity index (χ1) is 12.6. The maximum atomic E-state index is 12.8. The standard InChI is InChI=1S/C20H16N4O2/c21-15-9-17(20(26)24-11-13-5-1-2-6-14(13)12-24)23-19(10-15)22-16-7-3-4-8-18(16)25/h1-12,25H,(H3,21,22,23). The molecule has 0 spiro atoms. The molecule has 6 heteroatoms. The number of aromatic hydroxyl groups is 1. The molecular weight excluding hydrogens is 328 g/mol. The monoisotopic (exact) mass is 344 g/mol. The van der Waals surface area contributed by atoms with Crippen LogP contribution < -0.4 is 11.1 Å². The number of carbonyl (C=O) groups is 1. The first-order valence-electron chi connectivity index (χ1n) is 8.04. The molecule has 0 radical (unpaired) electrons. The fourth-order valence-corrected chi connectivity index (χ4v) is 2.78. The normalized spacial score (nSPS) is 10.8. The van der Waals surface area contributed by atoms with Crippen LogP contribution in [0.5, 0.6) is 5.75 Å². The highest BCUT2D eigenvalue weighted by Gasteiger charge is 2.13. The van der Waals surface area contributed by atoms with Crippen LogP contribution in [0.15, 0.2) is 73.1 Å². The molecule has 0 amide bonds. The van der Waals surface area contributed by atoms with E-state index >= 15 is 0 Å². The van der Waals surface area contributed by atoms with E-state index in [9.17, 15) is 9.90 Å². The summed E-state index contributed by atoms with van der Waals surface area (Å²) < 4.78 is 1.50. The van der Waals surface area contributed by atoms with Crippen LogP contribution in [0.4, 0.5) is 17.2 Å². The minimum atomic E-state index is -0.283. The molecule has 0 aliphatic heterocycles. The fourth-order valence-electron chi connectivity index (χ4n) is 2.78. The van der Waals surface area contributed by atoms with Crippen LogP contribution in [-0.2, 0) is 0 Å². The Labute approximate surface area is 149 Å².